The number of thiophene rings is 1. The van der Waals surface area contributed by atoms with Crippen LogP contribution in [0.15, 0.2) is 47.3 Å². The second-order valence-electron chi connectivity index (χ2n) is 5.50. The van der Waals surface area contributed by atoms with Gasteiger partial charge in [0.05, 0.1) is 0 Å². The number of nitrogens with zero attached hydrogens (tertiary/aromatic N) is 1. The first kappa shape index (κ1) is 18.2. The van der Waals surface area contributed by atoms with Crippen molar-refractivity contribution >= 4 is 39.6 Å². The lowest BCUT2D eigenvalue weighted by Gasteiger charge is -2.04. The Morgan fingerprint density at radius 1 is 1.23 bits per heavy atom. The summed E-state index contributed by atoms with van der Waals surface area (Å²) < 4.78 is 13.2. The topological polar surface area (TPSA) is 71.1 Å². The standard InChI is InChI=1S/C18H16FN3O2S2/c19-14-3-1-2-12(8-14)9-15-10-21-18(26-15)22-16(23)4-6-20-17(24)13-5-7-25-11-13/h1-3,5,7-8,10-11H,4,6,9H2,(H,20,24)(H,21,22,23). The molecule has 3 rings (SSSR count). The Bertz CT molecular complexity index is 893. The van der Waals surface area contributed by atoms with Crippen molar-refractivity contribution < 1.29 is 14.0 Å². The van der Waals surface area contributed by atoms with E-state index in [2.05, 4.69) is 15.6 Å². The third-order valence-corrected chi connectivity index (χ3v) is 5.08. The number of benzene rings is 1. The van der Waals surface area contributed by atoms with Gasteiger partial charge >= 0.3 is 0 Å². The van der Waals surface area contributed by atoms with Crippen LogP contribution in [0.2, 0.25) is 0 Å². The second-order valence-corrected chi connectivity index (χ2v) is 7.40. The van der Waals surface area contributed by atoms with Gasteiger partial charge in [-0.15, -0.1) is 11.3 Å². The van der Waals surface area contributed by atoms with Gasteiger partial charge < -0.3 is 10.6 Å². The van der Waals surface area contributed by atoms with E-state index in [9.17, 15) is 14.0 Å². The molecule has 26 heavy (non-hydrogen) atoms. The van der Waals surface area contributed by atoms with Crippen molar-refractivity contribution in [2.75, 3.05) is 11.9 Å². The van der Waals surface area contributed by atoms with Gasteiger partial charge in [-0.05, 0) is 29.1 Å². The summed E-state index contributed by atoms with van der Waals surface area (Å²) in [6, 6.07) is 8.12. The molecule has 2 N–H and O–H groups in total. The fourth-order valence-electron chi connectivity index (χ4n) is 2.26. The number of halogens is 1. The molecular formula is C18H16FN3O2S2. The monoisotopic (exact) mass is 389 g/mol. The third kappa shape index (κ3) is 5.21. The Balaban J connectivity index is 1.44. The van der Waals surface area contributed by atoms with Crippen LogP contribution < -0.4 is 10.6 Å². The summed E-state index contributed by atoms with van der Waals surface area (Å²) in [6.07, 6.45) is 2.39. The van der Waals surface area contributed by atoms with Crippen LogP contribution in [-0.4, -0.2) is 23.3 Å². The van der Waals surface area contributed by atoms with Gasteiger partial charge in [0.1, 0.15) is 5.82 Å². The molecule has 2 heterocycles. The molecular weight excluding hydrogens is 373 g/mol. The minimum Gasteiger partial charge on any atom is -0.351 e. The lowest BCUT2D eigenvalue weighted by Crippen LogP contribution is -2.27. The van der Waals surface area contributed by atoms with Crippen LogP contribution in [-0.2, 0) is 11.2 Å². The molecule has 0 aliphatic carbocycles. The van der Waals surface area contributed by atoms with Crippen LogP contribution >= 0.6 is 22.7 Å². The van der Waals surface area contributed by atoms with Crippen molar-refractivity contribution in [3.8, 4) is 0 Å². The fraction of sp³-hybridized carbons (Fsp3) is 0.167. The number of aromatic nitrogens is 1. The first-order chi connectivity index (χ1) is 12.6. The number of amides is 2. The molecule has 0 bridgehead atoms. The summed E-state index contributed by atoms with van der Waals surface area (Å²) in [5.74, 6) is -0.682. The lowest BCUT2D eigenvalue weighted by molar-refractivity contribution is -0.116. The second kappa shape index (κ2) is 8.68. The molecule has 0 unspecified atom stereocenters. The maximum Gasteiger partial charge on any atom is 0.252 e. The number of thiazole rings is 1. The van der Waals surface area contributed by atoms with Gasteiger partial charge in [-0.3, -0.25) is 9.59 Å². The van der Waals surface area contributed by atoms with Crippen LogP contribution in [0.1, 0.15) is 27.2 Å². The van der Waals surface area contributed by atoms with Gasteiger partial charge in [-0.25, -0.2) is 9.37 Å². The van der Waals surface area contributed by atoms with Crippen molar-refractivity contribution in [2.24, 2.45) is 0 Å². The molecule has 0 saturated carbocycles. The highest BCUT2D eigenvalue weighted by Crippen LogP contribution is 2.21. The SMILES string of the molecule is O=C(CCNC(=O)c1ccsc1)Nc1ncc(Cc2cccc(F)c2)s1. The van der Waals surface area contributed by atoms with Gasteiger partial charge in [-0.1, -0.05) is 12.1 Å². The first-order valence-corrected chi connectivity index (χ1v) is 9.65. The summed E-state index contributed by atoms with van der Waals surface area (Å²) >= 11 is 2.79. The number of carbonyl (C=O) groups is 2. The minimum atomic E-state index is -0.273. The molecule has 3 aromatic rings. The number of hydrogen-bond acceptors (Lipinski definition) is 5. The van der Waals surface area contributed by atoms with E-state index < -0.39 is 0 Å². The molecule has 0 spiro atoms. The number of nitrogens with one attached hydrogen (secondary N) is 2. The summed E-state index contributed by atoms with van der Waals surface area (Å²) in [7, 11) is 0. The number of rotatable bonds is 7. The van der Waals surface area contributed by atoms with Crippen molar-refractivity contribution in [3.63, 3.8) is 0 Å². The van der Waals surface area contributed by atoms with Crippen molar-refractivity contribution in [3.05, 3.63) is 69.1 Å². The Hall–Kier alpha value is -2.58. The highest BCUT2D eigenvalue weighted by molar-refractivity contribution is 7.15. The predicted octanol–water partition coefficient (Wildman–Crippen LogP) is 3.69. The van der Waals surface area contributed by atoms with Crippen molar-refractivity contribution in [1.29, 1.82) is 0 Å². The quantitative estimate of drug-likeness (QED) is 0.647. The molecule has 134 valence electrons. The summed E-state index contributed by atoms with van der Waals surface area (Å²) in [5, 5.41) is 9.48. The number of anilines is 1. The molecule has 2 amide bonds. The average Bonchev–Trinajstić information content (AvgIpc) is 3.27. The van der Waals surface area contributed by atoms with E-state index >= 15 is 0 Å². The smallest absolute Gasteiger partial charge is 0.252 e. The molecule has 8 heteroatoms. The van der Waals surface area contributed by atoms with Gasteiger partial charge in [0, 0.05) is 41.4 Å². The lowest BCUT2D eigenvalue weighted by atomic mass is 10.1. The third-order valence-electron chi connectivity index (χ3n) is 3.49. The predicted molar refractivity (Wildman–Crippen MR) is 101 cm³/mol. The normalized spacial score (nSPS) is 10.5. The van der Waals surface area contributed by atoms with Gasteiger partial charge in [0.25, 0.3) is 5.91 Å². The molecule has 0 atom stereocenters. The van der Waals surface area contributed by atoms with Crippen molar-refractivity contribution in [1.82, 2.24) is 10.3 Å². The van der Waals surface area contributed by atoms with Crippen LogP contribution in [0.3, 0.4) is 0 Å². The Labute approximate surface area is 157 Å². The van der Waals surface area contributed by atoms with Crippen LogP contribution in [0.5, 0.6) is 0 Å². The Kier molecular flexibility index (Phi) is 6.08. The molecule has 2 aromatic heterocycles. The number of carbonyl (C=O) groups excluding carboxylic acids is 2. The van der Waals surface area contributed by atoms with Crippen LogP contribution in [0.4, 0.5) is 9.52 Å². The number of hydrogen-bond donors (Lipinski definition) is 2. The molecule has 0 aliphatic heterocycles. The molecule has 0 aliphatic rings. The van der Waals surface area contributed by atoms with E-state index in [1.54, 1.807) is 23.7 Å². The Morgan fingerprint density at radius 2 is 2.12 bits per heavy atom. The maximum absolute atomic E-state index is 13.2. The van der Waals surface area contributed by atoms with Crippen LogP contribution in [0.25, 0.3) is 0 Å². The molecule has 1 aromatic carbocycles. The van der Waals surface area contributed by atoms with Gasteiger partial charge in [-0.2, -0.15) is 11.3 Å². The zero-order chi connectivity index (χ0) is 18.4. The van der Waals surface area contributed by atoms with Gasteiger partial charge in [0.2, 0.25) is 5.91 Å². The van der Waals surface area contributed by atoms with Gasteiger partial charge in [0.15, 0.2) is 5.13 Å². The summed E-state index contributed by atoms with van der Waals surface area (Å²) in [4.78, 5) is 28.8. The maximum atomic E-state index is 13.2. The highest BCUT2D eigenvalue weighted by atomic mass is 32.1. The Morgan fingerprint density at radius 3 is 2.88 bits per heavy atom. The summed E-state index contributed by atoms with van der Waals surface area (Å²) in [6.45, 7) is 0.252. The average molecular weight is 389 g/mol. The highest BCUT2D eigenvalue weighted by Gasteiger charge is 2.09. The van der Waals surface area contributed by atoms with E-state index in [0.717, 1.165) is 10.4 Å². The zero-order valence-corrected chi connectivity index (χ0v) is 15.3. The van der Waals surface area contributed by atoms with E-state index in [1.807, 2.05) is 11.4 Å². The van der Waals surface area contributed by atoms with Crippen molar-refractivity contribution in [2.45, 2.75) is 12.8 Å². The molecule has 0 saturated heterocycles. The zero-order valence-electron chi connectivity index (χ0n) is 13.7. The minimum absolute atomic E-state index is 0.161. The van der Waals surface area contributed by atoms with Crippen LogP contribution in [0, 0.1) is 5.82 Å². The van der Waals surface area contributed by atoms with E-state index in [4.69, 9.17) is 0 Å². The largest absolute Gasteiger partial charge is 0.351 e. The first-order valence-electron chi connectivity index (χ1n) is 7.89. The molecule has 0 radical (unpaired) electrons. The summed E-state index contributed by atoms with van der Waals surface area (Å²) in [5.41, 5.74) is 1.44. The fourth-order valence-corrected chi connectivity index (χ4v) is 3.76. The molecule has 0 fully saturated rings. The van der Waals surface area contributed by atoms with E-state index in [0.29, 0.717) is 17.1 Å². The van der Waals surface area contributed by atoms with E-state index in [1.165, 1.54) is 34.8 Å². The van der Waals surface area contributed by atoms with E-state index in [-0.39, 0.29) is 30.6 Å². The molecule has 5 nitrogen and oxygen atoms in total.